The molecular formula is C27H35N5O. The Morgan fingerprint density at radius 3 is 2.52 bits per heavy atom. The van der Waals surface area contributed by atoms with E-state index in [1.54, 1.807) is 12.4 Å². The van der Waals surface area contributed by atoms with Crippen molar-refractivity contribution in [3.8, 4) is 5.88 Å². The molecule has 1 aromatic carbocycles. The van der Waals surface area contributed by atoms with Crippen LogP contribution in [0.15, 0.2) is 59.8 Å². The van der Waals surface area contributed by atoms with Gasteiger partial charge >= 0.3 is 0 Å². The predicted octanol–water partition coefficient (Wildman–Crippen LogP) is 5.79. The third kappa shape index (κ3) is 7.59. The number of nitrogens with one attached hydrogen (secondary N) is 1. The Labute approximate surface area is 197 Å². The molecule has 0 saturated carbocycles. The van der Waals surface area contributed by atoms with Crippen LogP contribution >= 0.6 is 0 Å². The maximum absolute atomic E-state index is 6.03. The van der Waals surface area contributed by atoms with Gasteiger partial charge in [-0.2, -0.15) is 5.10 Å². The predicted molar refractivity (Wildman–Crippen MR) is 138 cm³/mol. The number of hydrazone groups is 1. The van der Waals surface area contributed by atoms with Crippen molar-refractivity contribution in [2.24, 2.45) is 5.10 Å². The summed E-state index contributed by atoms with van der Waals surface area (Å²) in [4.78, 5) is 11.4. The molecule has 0 aliphatic carbocycles. The molecule has 2 heterocycles. The zero-order chi connectivity index (χ0) is 23.5. The monoisotopic (exact) mass is 445 g/mol. The molecule has 0 aliphatic heterocycles. The highest BCUT2D eigenvalue weighted by Gasteiger charge is 2.10. The van der Waals surface area contributed by atoms with Gasteiger partial charge in [0.05, 0.1) is 24.2 Å². The summed E-state index contributed by atoms with van der Waals surface area (Å²) < 4.78 is 6.03. The summed E-state index contributed by atoms with van der Waals surface area (Å²) in [5.41, 5.74) is 9.43. The molecule has 0 radical (unpaired) electrons. The molecule has 1 N–H and O–H groups in total. The number of anilines is 2. The van der Waals surface area contributed by atoms with Crippen molar-refractivity contribution in [3.05, 3.63) is 77.2 Å². The van der Waals surface area contributed by atoms with Crippen LogP contribution in [-0.4, -0.2) is 35.9 Å². The molecule has 0 saturated heterocycles. The van der Waals surface area contributed by atoms with Gasteiger partial charge in [0.15, 0.2) is 0 Å². The van der Waals surface area contributed by atoms with E-state index in [1.807, 2.05) is 30.3 Å². The van der Waals surface area contributed by atoms with E-state index in [0.29, 0.717) is 12.5 Å². The minimum absolute atomic E-state index is 0.520. The average molecular weight is 446 g/mol. The van der Waals surface area contributed by atoms with E-state index in [2.05, 4.69) is 71.3 Å². The standard InChI is InChI=1S/C27H35N5O/c1-5-14-32(15-6-2)26-18-25(20-29-31-24-11-10-21(3)22(4)17-24)30-27(19-26)33-16-12-23-9-7-8-13-28-23/h7-11,13,17-20,31H,5-6,12,14-16H2,1-4H3/b29-20+. The van der Waals surface area contributed by atoms with Gasteiger partial charge in [-0.3, -0.25) is 10.4 Å². The second kappa shape index (κ2) is 12.6. The number of nitrogens with zero attached hydrogens (tertiary/aromatic N) is 4. The van der Waals surface area contributed by atoms with Gasteiger partial charge < -0.3 is 9.64 Å². The lowest BCUT2D eigenvalue weighted by atomic mass is 10.1. The molecule has 3 rings (SSSR count). The zero-order valence-corrected chi connectivity index (χ0v) is 20.2. The Kier molecular flexibility index (Phi) is 9.24. The van der Waals surface area contributed by atoms with Crippen molar-refractivity contribution in [3.63, 3.8) is 0 Å². The van der Waals surface area contributed by atoms with Gasteiger partial charge in [-0.25, -0.2) is 4.98 Å². The smallest absolute Gasteiger partial charge is 0.215 e. The molecule has 0 aliphatic rings. The third-order valence-corrected chi connectivity index (χ3v) is 5.39. The highest BCUT2D eigenvalue weighted by molar-refractivity contribution is 5.80. The number of hydrogen-bond acceptors (Lipinski definition) is 6. The lowest BCUT2D eigenvalue weighted by molar-refractivity contribution is 0.308. The van der Waals surface area contributed by atoms with Crippen molar-refractivity contribution in [2.75, 3.05) is 30.0 Å². The maximum atomic E-state index is 6.03. The molecule has 0 bridgehead atoms. The van der Waals surface area contributed by atoms with Crippen LogP contribution in [0.1, 0.15) is 49.2 Å². The Morgan fingerprint density at radius 1 is 1.00 bits per heavy atom. The van der Waals surface area contributed by atoms with Crippen LogP contribution in [0.4, 0.5) is 11.4 Å². The molecule has 33 heavy (non-hydrogen) atoms. The van der Waals surface area contributed by atoms with Crippen molar-refractivity contribution in [1.29, 1.82) is 0 Å². The molecule has 0 atom stereocenters. The van der Waals surface area contributed by atoms with Crippen molar-refractivity contribution >= 4 is 17.6 Å². The van der Waals surface area contributed by atoms with E-state index < -0.39 is 0 Å². The van der Waals surface area contributed by atoms with Crippen LogP contribution in [0, 0.1) is 13.8 Å². The van der Waals surface area contributed by atoms with E-state index in [1.165, 1.54) is 11.1 Å². The summed E-state index contributed by atoms with van der Waals surface area (Å²) in [7, 11) is 0. The molecule has 6 heteroatoms. The Bertz CT molecular complexity index is 1030. The van der Waals surface area contributed by atoms with Gasteiger partial charge in [-0.05, 0) is 68.1 Å². The molecule has 0 amide bonds. The minimum atomic E-state index is 0.520. The highest BCUT2D eigenvalue weighted by Crippen LogP contribution is 2.22. The van der Waals surface area contributed by atoms with Crippen molar-refractivity contribution in [1.82, 2.24) is 9.97 Å². The van der Waals surface area contributed by atoms with E-state index in [9.17, 15) is 0 Å². The van der Waals surface area contributed by atoms with Crippen LogP contribution in [0.2, 0.25) is 0 Å². The lowest BCUT2D eigenvalue weighted by Gasteiger charge is -2.24. The molecule has 0 unspecified atom stereocenters. The number of ether oxygens (including phenoxy) is 1. The first-order valence-electron chi connectivity index (χ1n) is 11.7. The number of benzene rings is 1. The molecular weight excluding hydrogens is 410 g/mol. The SMILES string of the molecule is CCCN(CCC)c1cc(/C=N/Nc2ccc(C)c(C)c2)nc(OCCc2ccccn2)c1. The summed E-state index contributed by atoms with van der Waals surface area (Å²) >= 11 is 0. The summed E-state index contributed by atoms with van der Waals surface area (Å²) in [5, 5.41) is 4.42. The van der Waals surface area contributed by atoms with Crippen LogP contribution in [0.3, 0.4) is 0 Å². The number of aryl methyl sites for hydroxylation is 2. The van der Waals surface area contributed by atoms with Gasteiger partial charge in [-0.15, -0.1) is 0 Å². The highest BCUT2D eigenvalue weighted by atomic mass is 16.5. The normalized spacial score (nSPS) is 11.0. The molecule has 3 aromatic rings. The summed E-state index contributed by atoms with van der Waals surface area (Å²) in [6.07, 6.45) is 6.45. The van der Waals surface area contributed by atoms with Gasteiger partial charge in [0, 0.05) is 43.2 Å². The van der Waals surface area contributed by atoms with E-state index in [-0.39, 0.29) is 0 Å². The minimum Gasteiger partial charge on any atom is -0.477 e. The topological polar surface area (TPSA) is 62.6 Å². The van der Waals surface area contributed by atoms with Gasteiger partial charge in [0.2, 0.25) is 5.88 Å². The molecule has 174 valence electrons. The van der Waals surface area contributed by atoms with Crippen LogP contribution in [-0.2, 0) is 6.42 Å². The van der Waals surface area contributed by atoms with Crippen LogP contribution < -0.4 is 15.1 Å². The third-order valence-electron chi connectivity index (χ3n) is 5.39. The Morgan fingerprint density at radius 2 is 1.82 bits per heavy atom. The van der Waals surface area contributed by atoms with Crippen LogP contribution in [0.5, 0.6) is 5.88 Å². The second-order valence-electron chi connectivity index (χ2n) is 8.16. The summed E-state index contributed by atoms with van der Waals surface area (Å²) in [6, 6.07) is 16.2. The fourth-order valence-electron chi connectivity index (χ4n) is 3.53. The van der Waals surface area contributed by atoms with Gasteiger partial charge in [0.1, 0.15) is 0 Å². The zero-order valence-electron chi connectivity index (χ0n) is 20.2. The van der Waals surface area contributed by atoms with Crippen molar-refractivity contribution < 1.29 is 4.74 Å². The van der Waals surface area contributed by atoms with Crippen LogP contribution in [0.25, 0.3) is 0 Å². The van der Waals surface area contributed by atoms with E-state index in [0.717, 1.165) is 55.1 Å². The fraction of sp³-hybridized carbons (Fsp3) is 0.370. The van der Waals surface area contributed by atoms with Gasteiger partial charge in [-0.1, -0.05) is 26.0 Å². The lowest BCUT2D eigenvalue weighted by Crippen LogP contribution is -2.25. The maximum Gasteiger partial charge on any atom is 0.215 e. The second-order valence-corrected chi connectivity index (χ2v) is 8.16. The molecule has 6 nitrogen and oxygen atoms in total. The number of pyridine rings is 2. The van der Waals surface area contributed by atoms with Gasteiger partial charge in [0.25, 0.3) is 0 Å². The van der Waals surface area contributed by atoms with E-state index >= 15 is 0 Å². The first-order valence-corrected chi connectivity index (χ1v) is 11.7. The van der Waals surface area contributed by atoms with Crippen molar-refractivity contribution in [2.45, 2.75) is 47.0 Å². The quantitative estimate of drug-likeness (QED) is 0.282. The number of aromatic nitrogens is 2. The number of hydrogen-bond donors (Lipinski definition) is 1. The molecule has 0 spiro atoms. The molecule has 2 aromatic heterocycles. The number of rotatable bonds is 12. The fourth-order valence-corrected chi connectivity index (χ4v) is 3.53. The molecule has 0 fully saturated rings. The summed E-state index contributed by atoms with van der Waals surface area (Å²) in [5.74, 6) is 0.605. The average Bonchev–Trinajstić information content (AvgIpc) is 2.82. The first kappa shape index (κ1) is 24.2. The summed E-state index contributed by atoms with van der Waals surface area (Å²) in [6.45, 7) is 11.1. The first-order chi connectivity index (χ1) is 16.1. The largest absolute Gasteiger partial charge is 0.477 e. The Balaban J connectivity index is 1.76. The van der Waals surface area contributed by atoms with E-state index in [4.69, 9.17) is 4.74 Å². The Hall–Kier alpha value is -3.41.